The molecule has 3 heterocycles. The van der Waals surface area contributed by atoms with Gasteiger partial charge in [-0.15, -0.1) is 11.3 Å². The van der Waals surface area contributed by atoms with Crippen LogP contribution in [0.5, 0.6) is 5.75 Å². The lowest BCUT2D eigenvalue weighted by atomic mass is 10.1. The molecular formula is C21H21N3O2S. The molecule has 0 spiro atoms. The van der Waals surface area contributed by atoms with E-state index in [1.54, 1.807) is 13.3 Å². The van der Waals surface area contributed by atoms with E-state index in [1.807, 2.05) is 61.8 Å². The number of aliphatic hydroxyl groups excluding tert-OH is 1. The van der Waals surface area contributed by atoms with Crippen LogP contribution in [-0.2, 0) is 6.61 Å². The number of ether oxygens (including phenoxy) is 1. The molecule has 4 aromatic rings. The fourth-order valence-electron chi connectivity index (χ4n) is 2.57. The zero-order chi connectivity index (χ0) is 19.2. The number of benzene rings is 1. The number of fused-ring (bicyclic) bond motifs is 1. The summed E-state index contributed by atoms with van der Waals surface area (Å²) in [6.45, 7) is 4.05. The molecule has 3 aromatic heterocycles. The number of thiophene rings is 1. The van der Waals surface area contributed by atoms with Gasteiger partial charge in [-0.3, -0.25) is 4.98 Å². The summed E-state index contributed by atoms with van der Waals surface area (Å²) < 4.78 is 5.18. The van der Waals surface area contributed by atoms with Crippen molar-refractivity contribution >= 4 is 22.4 Å². The Kier molecular flexibility index (Phi) is 6.11. The first-order valence-corrected chi connectivity index (χ1v) is 9.60. The number of hydrogen-bond acceptors (Lipinski definition) is 6. The van der Waals surface area contributed by atoms with E-state index >= 15 is 0 Å². The second kappa shape index (κ2) is 8.70. The summed E-state index contributed by atoms with van der Waals surface area (Å²) in [7, 11) is 1.64. The molecule has 1 aromatic carbocycles. The summed E-state index contributed by atoms with van der Waals surface area (Å²) in [5, 5.41) is 11.2. The van der Waals surface area contributed by atoms with Crippen LogP contribution in [0.25, 0.3) is 33.5 Å². The van der Waals surface area contributed by atoms with Gasteiger partial charge in [0.05, 0.1) is 25.4 Å². The van der Waals surface area contributed by atoms with Crippen LogP contribution in [0.1, 0.15) is 18.7 Å². The maximum Gasteiger partial charge on any atom is 0.159 e. The summed E-state index contributed by atoms with van der Waals surface area (Å²) in [6.07, 6.45) is 3.54. The third-order valence-electron chi connectivity index (χ3n) is 3.92. The fraction of sp³-hybridized carbons (Fsp3) is 0.190. The van der Waals surface area contributed by atoms with Gasteiger partial charge < -0.3 is 9.84 Å². The monoisotopic (exact) mass is 379 g/mol. The van der Waals surface area contributed by atoms with Gasteiger partial charge >= 0.3 is 0 Å². The first-order valence-electron chi connectivity index (χ1n) is 8.72. The molecule has 0 bridgehead atoms. The van der Waals surface area contributed by atoms with E-state index in [2.05, 4.69) is 15.0 Å². The molecule has 138 valence electrons. The molecule has 4 rings (SSSR count). The van der Waals surface area contributed by atoms with Gasteiger partial charge in [0, 0.05) is 22.2 Å². The Balaban J connectivity index is 0.00000102. The number of rotatable bonds is 4. The van der Waals surface area contributed by atoms with Gasteiger partial charge in [-0.2, -0.15) is 0 Å². The number of hydrogen-bond donors (Lipinski definition) is 1. The molecule has 0 fully saturated rings. The van der Waals surface area contributed by atoms with E-state index in [4.69, 9.17) is 4.74 Å². The molecule has 0 radical (unpaired) electrons. The van der Waals surface area contributed by atoms with Gasteiger partial charge in [0.2, 0.25) is 0 Å². The first kappa shape index (κ1) is 18.9. The van der Waals surface area contributed by atoms with Crippen molar-refractivity contribution in [1.82, 2.24) is 15.0 Å². The van der Waals surface area contributed by atoms with Crippen molar-refractivity contribution < 1.29 is 9.84 Å². The summed E-state index contributed by atoms with van der Waals surface area (Å²) in [5.41, 5.74) is 4.47. The zero-order valence-electron chi connectivity index (χ0n) is 15.5. The van der Waals surface area contributed by atoms with Crippen LogP contribution < -0.4 is 4.74 Å². The second-order valence-corrected chi connectivity index (χ2v) is 6.51. The van der Waals surface area contributed by atoms with Crippen molar-refractivity contribution in [2.24, 2.45) is 0 Å². The molecule has 0 aliphatic heterocycles. The summed E-state index contributed by atoms with van der Waals surface area (Å²) in [5.74, 6) is 1.45. The van der Waals surface area contributed by atoms with Crippen molar-refractivity contribution in [2.75, 3.05) is 7.11 Å². The highest BCUT2D eigenvalue weighted by Crippen LogP contribution is 2.27. The predicted molar refractivity (Wildman–Crippen MR) is 110 cm³/mol. The maximum absolute atomic E-state index is 9.23. The second-order valence-electron chi connectivity index (χ2n) is 5.51. The largest absolute Gasteiger partial charge is 0.497 e. The highest BCUT2D eigenvalue weighted by Gasteiger charge is 2.08. The highest BCUT2D eigenvalue weighted by atomic mass is 32.1. The third-order valence-corrected chi connectivity index (χ3v) is 4.85. The Bertz CT molecular complexity index is 1030. The van der Waals surface area contributed by atoms with Crippen molar-refractivity contribution in [3.8, 4) is 28.3 Å². The van der Waals surface area contributed by atoms with Crippen LogP contribution in [0.4, 0.5) is 0 Å². The molecule has 27 heavy (non-hydrogen) atoms. The molecule has 0 saturated carbocycles. The van der Waals surface area contributed by atoms with Gasteiger partial charge in [-0.25, -0.2) is 9.97 Å². The average Bonchev–Trinajstić information content (AvgIpc) is 3.24. The van der Waals surface area contributed by atoms with Crippen molar-refractivity contribution in [3.63, 3.8) is 0 Å². The maximum atomic E-state index is 9.23. The number of pyridine rings is 1. The van der Waals surface area contributed by atoms with Gasteiger partial charge in [0.15, 0.2) is 5.82 Å². The van der Waals surface area contributed by atoms with Gasteiger partial charge in [0.25, 0.3) is 0 Å². The number of aliphatic hydroxyl groups is 1. The molecule has 5 nitrogen and oxygen atoms in total. The topological polar surface area (TPSA) is 68.1 Å². The third kappa shape index (κ3) is 4.13. The molecule has 1 N–H and O–H groups in total. The highest BCUT2D eigenvalue weighted by molar-refractivity contribution is 7.10. The Labute approximate surface area is 162 Å². The predicted octanol–water partition coefficient (Wildman–Crippen LogP) is 4.95. The first-order chi connectivity index (χ1) is 13.3. The van der Waals surface area contributed by atoms with Crippen LogP contribution in [0, 0.1) is 0 Å². The normalized spacial score (nSPS) is 10.4. The molecular weight excluding hydrogens is 358 g/mol. The minimum atomic E-state index is 0.0511. The van der Waals surface area contributed by atoms with E-state index in [0.717, 1.165) is 38.4 Å². The summed E-state index contributed by atoms with van der Waals surface area (Å²) >= 11 is 1.53. The van der Waals surface area contributed by atoms with E-state index in [-0.39, 0.29) is 6.61 Å². The van der Waals surface area contributed by atoms with Crippen LogP contribution in [0.2, 0.25) is 0 Å². The van der Waals surface area contributed by atoms with Gasteiger partial charge in [-0.05, 0) is 47.3 Å². The van der Waals surface area contributed by atoms with E-state index in [9.17, 15) is 5.11 Å². The Morgan fingerprint density at radius 2 is 1.70 bits per heavy atom. The molecule has 0 aliphatic carbocycles. The molecule has 0 unspecified atom stereocenters. The Morgan fingerprint density at radius 3 is 2.37 bits per heavy atom. The van der Waals surface area contributed by atoms with E-state index < -0.39 is 0 Å². The fourth-order valence-corrected chi connectivity index (χ4v) is 3.32. The Hall–Kier alpha value is -2.83. The Morgan fingerprint density at radius 1 is 0.926 bits per heavy atom. The lowest BCUT2D eigenvalue weighted by Crippen LogP contribution is -1.92. The van der Waals surface area contributed by atoms with Crippen LogP contribution in [-0.4, -0.2) is 27.2 Å². The lowest BCUT2D eigenvalue weighted by molar-refractivity contribution is 0.285. The van der Waals surface area contributed by atoms with Gasteiger partial charge in [0.1, 0.15) is 11.3 Å². The summed E-state index contributed by atoms with van der Waals surface area (Å²) in [6, 6.07) is 11.6. The van der Waals surface area contributed by atoms with E-state index in [0.29, 0.717) is 5.82 Å². The smallest absolute Gasteiger partial charge is 0.159 e. The minimum Gasteiger partial charge on any atom is -0.497 e. The van der Waals surface area contributed by atoms with Gasteiger partial charge in [-0.1, -0.05) is 13.8 Å². The average molecular weight is 379 g/mol. The zero-order valence-corrected chi connectivity index (χ0v) is 16.3. The van der Waals surface area contributed by atoms with Crippen molar-refractivity contribution in [1.29, 1.82) is 0 Å². The quantitative estimate of drug-likeness (QED) is 0.543. The molecule has 0 saturated heterocycles. The number of methoxy groups -OCH3 is 1. The standard InChI is InChI=1S/C19H15N3O2S.C2H6/c1-24-15-4-2-12(3-5-15)19-21-9-18-17(22-19)7-13(8-20-18)14-6-16(10-23)25-11-14;1-2/h2-9,11,23H,10H2,1H3;1-2H3. The lowest BCUT2D eigenvalue weighted by Gasteiger charge is -2.05. The SMILES string of the molecule is CC.COc1ccc(-c2ncc3ncc(-c4csc(CO)c4)cc3n2)cc1. The van der Waals surface area contributed by atoms with Crippen molar-refractivity contribution in [2.45, 2.75) is 20.5 Å². The molecule has 0 amide bonds. The molecule has 6 heteroatoms. The van der Waals surface area contributed by atoms with E-state index in [1.165, 1.54) is 11.3 Å². The van der Waals surface area contributed by atoms with Crippen LogP contribution in [0.15, 0.2) is 54.2 Å². The summed E-state index contributed by atoms with van der Waals surface area (Å²) in [4.78, 5) is 14.4. The minimum absolute atomic E-state index is 0.0511. The van der Waals surface area contributed by atoms with Crippen molar-refractivity contribution in [3.05, 3.63) is 59.0 Å². The van der Waals surface area contributed by atoms with Crippen LogP contribution >= 0.6 is 11.3 Å². The molecule has 0 atom stereocenters. The number of nitrogens with zero attached hydrogens (tertiary/aromatic N) is 3. The molecule has 0 aliphatic rings. The number of aromatic nitrogens is 3. The van der Waals surface area contributed by atoms with Crippen LogP contribution in [0.3, 0.4) is 0 Å².